The van der Waals surface area contributed by atoms with Crippen molar-refractivity contribution in [2.24, 2.45) is 0 Å². The molecular weight excluding hydrogens is 518 g/mol. The van der Waals surface area contributed by atoms with Crippen molar-refractivity contribution in [1.82, 2.24) is 10.2 Å². The Morgan fingerprint density at radius 1 is 0.972 bits per heavy atom. The minimum atomic E-state index is -0.736. The monoisotopic (exact) mass is 546 g/mol. The highest BCUT2D eigenvalue weighted by molar-refractivity contribution is 7.99. The maximum Gasteiger partial charge on any atom is 0.243 e. The predicted molar refractivity (Wildman–Crippen MR) is 147 cm³/mol. The number of nitrogens with zero attached hydrogens (tertiary/aromatic N) is 1. The quantitative estimate of drug-likeness (QED) is 0.281. The molecule has 0 heterocycles. The Hall–Kier alpha value is -2.54. The molecule has 1 N–H and O–H groups in total. The Kier molecular flexibility index (Phi) is 11.1. The number of benzene rings is 3. The molecule has 0 radical (unpaired) electrons. The number of rotatable bonds is 12. The molecular formula is C28H29Cl2FN2O2S. The maximum absolute atomic E-state index is 14.2. The van der Waals surface area contributed by atoms with Crippen molar-refractivity contribution in [1.29, 1.82) is 0 Å². The molecule has 2 amide bonds. The summed E-state index contributed by atoms with van der Waals surface area (Å²) in [5, 5.41) is 3.79. The zero-order chi connectivity index (χ0) is 25.9. The summed E-state index contributed by atoms with van der Waals surface area (Å²) in [6.07, 6.45) is 1.14. The number of halogens is 3. The first-order valence-electron chi connectivity index (χ1n) is 11.8. The zero-order valence-electron chi connectivity index (χ0n) is 20.1. The zero-order valence-corrected chi connectivity index (χ0v) is 22.4. The topological polar surface area (TPSA) is 49.4 Å². The number of carbonyl (C=O) groups excluding carboxylic acids is 2. The normalized spacial score (nSPS) is 11.7. The highest BCUT2D eigenvalue weighted by atomic mass is 35.5. The lowest BCUT2D eigenvalue weighted by Gasteiger charge is -2.32. The largest absolute Gasteiger partial charge is 0.354 e. The molecule has 3 aromatic carbocycles. The Balaban J connectivity index is 1.86. The van der Waals surface area contributed by atoms with Gasteiger partial charge in [0, 0.05) is 40.9 Å². The fraction of sp³-hybridized carbons (Fsp3) is 0.286. The van der Waals surface area contributed by atoms with Crippen LogP contribution in [-0.4, -0.2) is 35.1 Å². The lowest BCUT2D eigenvalue weighted by molar-refractivity contribution is -0.139. The van der Waals surface area contributed by atoms with Gasteiger partial charge < -0.3 is 10.2 Å². The van der Waals surface area contributed by atoms with E-state index < -0.39 is 11.9 Å². The van der Waals surface area contributed by atoms with Crippen molar-refractivity contribution in [3.8, 4) is 0 Å². The lowest BCUT2D eigenvalue weighted by Crippen LogP contribution is -2.51. The highest BCUT2D eigenvalue weighted by Crippen LogP contribution is 2.25. The number of thioether (sulfide) groups is 1. The van der Waals surface area contributed by atoms with Crippen LogP contribution in [0.4, 0.5) is 4.39 Å². The van der Waals surface area contributed by atoms with E-state index in [0.29, 0.717) is 28.6 Å². The lowest BCUT2D eigenvalue weighted by atomic mass is 10.0. The molecule has 0 unspecified atom stereocenters. The fourth-order valence-electron chi connectivity index (χ4n) is 3.72. The third-order valence-corrected chi connectivity index (χ3v) is 7.32. The van der Waals surface area contributed by atoms with Gasteiger partial charge in [-0.25, -0.2) is 4.39 Å². The molecule has 0 spiro atoms. The minimum absolute atomic E-state index is 0.0570. The Labute approximate surface area is 226 Å². The van der Waals surface area contributed by atoms with Crippen LogP contribution in [0.2, 0.25) is 10.0 Å². The van der Waals surface area contributed by atoms with Crippen molar-refractivity contribution < 1.29 is 14.0 Å². The minimum Gasteiger partial charge on any atom is -0.354 e. The Morgan fingerprint density at radius 3 is 2.36 bits per heavy atom. The molecule has 36 heavy (non-hydrogen) atoms. The van der Waals surface area contributed by atoms with Gasteiger partial charge >= 0.3 is 0 Å². The summed E-state index contributed by atoms with van der Waals surface area (Å²) in [5.74, 6) is -0.566. The molecule has 0 saturated heterocycles. The highest BCUT2D eigenvalue weighted by Gasteiger charge is 2.30. The van der Waals surface area contributed by atoms with E-state index in [4.69, 9.17) is 23.2 Å². The summed E-state index contributed by atoms with van der Waals surface area (Å²) in [4.78, 5) is 28.5. The van der Waals surface area contributed by atoms with E-state index in [1.165, 1.54) is 17.8 Å². The molecule has 0 aliphatic heterocycles. The van der Waals surface area contributed by atoms with Crippen LogP contribution in [0.25, 0.3) is 0 Å². The SMILES string of the molecule is CCCNC(=O)[C@@H](Cc1ccccc1)N(Cc1ccccc1Cl)C(=O)CSCc1c(F)cccc1Cl. The second-order valence-corrected chi connectivity index (χ2v) is 10.1. The molecule has 3 rings (SSSR count). The number of amides is 2. The summed E-state index contributed by atoms with van der Waals surface area (Å²) in [5.41, 5.74) is 2.05. The summed E-state index contributed by atoms with van der Waals surface area (Å²) in [6.45, 7) is 2.67. The van der Waals surface area contributed by atoms with Gasteiger partial charge in [-0.05, 0) is 35.7 Å². The second kappa shape index (κ2) is 14.3. The molecule has 1 atom stereocenters. The van der Waals surface area contributed by atoms with Gasteiger partial charge in [0.25, 0.3) is 0 Å². The van der Waals surface area contributed by atoms with Crippen molar-refractivity contribution in [3.63, 3.8) is 0 Å². The number of carbonyl (C=O) groups is 2. The van der Waals surface area contributed by atoms with Gasteiger partial charge in [-0.15, -0.1) is 11.8 Å². The van der Waals surface area contributed by atoms with Crippen molar-refractivity contribution >= 4 is 46.8 Å². The predicted octanol–water partition coefficient (Wildman–Crippen LogP) is 6.53. The van der Waals surface area contributed by atoms with Crippen LogP contribution < -0.4 is 5.32 Å². The first-order valence-corrected chi connectivity index (χ1v) is 13.7. The van der Waals surface area contributed by atoms with E-state index >= 15 is 0 Å². The smallest absolute Gasteiger partial charge is 0.243 e. The Bertz CT molecular complexity index is 1140. The maximum atomic E-state index is 14.2. The number of hydrogen-bond acceptors (Lipinski definition) is 3. The molecule has 0 aromatic heterocycles. The van der Waals surface area contributed by atoms with E-state index in [2.05, 4.69) is 5.32 Å². The Morgan fingerprint density at radius 2 is 1.67 bits per heavy atom. The third kappa shape index (κ3) is 7.99. The average Bonchev–Trinajstić information content (AvgIpc) is 2.88. The van der Waals surface area contributed by atoms with Crippen LogP contribution in [0.1, 0.15) is 30.0 Å². The molecule has 8 heteroatoms. The van der Waals surface area contributed by atoms with Gasteiger partial charge in [0.2, 0.25) is 11.8 Å². The fourth-order valence-corrected chi connectivity index (χ4v) is 5.17. The van der Waals surface area contributed by atoms with E-state index in [1.807, 2.05) is 55.5 Å². The van der Waals surface area contributed by atoms with Gasteiger partial charge in [0.05, 0.1) is 5.75 Å². The molecule has 0 aliphatic carbocycles. The standard InChI is InChI=1S/C28H29Cl2FN2O2S/c1-2-15-32-28(35)26(16-20-9-4-3-5-10-20)33(17-21-11-6-7-12-23(21)29)27(34)19-36-18-22-24(30)13-8-14-25(22)31/h3-14,26H,2,15-19H2,1H3,(H,32,35)/t26-/m1/s1. The summed E-state index contributed by atoms with van der Waals surface area (Å²) >= 11 is 13.8. The first-order chi connectivity index (χ1) is 17.4. The second-order valence-electron chi connectivity index (χ2n) is 8.30. The van der Waals surface area contributed by atoms with Gasteiger partial charge in [0.1, 0.15) is 11.9 Å². The van der Waals surface area contributed by atoms with Crippen molar-refractivity contribution in [2.75, 3.05) is 12.3 Å². The van der Waals surface area contributed by atoms with E-state index in [9.17, 15) is 14.0 Å². The third-order valence-electron chi connectivity index (χ3n) is 5.65. The van der Waals surface area contributed by atoms with E-state index in [1.54, 1.807) is 23.1 Å². The average molecular weight is 548 g/mol. The van der Waals surface area contributed by atoms with Crippen molar-refractivity contribution in [2.45, 2.75) is 38.1 Å². The van der Waals surface area contributed by atoms with Gasteiger partial charge in [0.15, 0.2) is 0 Å². The molecule has 190 valence electrons. The summed E-state index contributed by atoms with van der Waals surface area (Å²) in [7, 11) is 0. The molecule has 0 saturated carbocycles. The number of nitrogens with one attached hydrogen (secondary N) is 1. The van der Waals surface area contributed by atoms with Gasteiger partial charge in [-0.2, -0.15) is 0 Å². The molecule has 3 aromatic rings. The molecule has 0 aliphatic rings. The molecule has 0 bridgehead atoms. The van der Waals surface area contributed by atoms with Crippen LogP contribution in [0, 0.1) is 5.82 Å². The van der Waals surface area contributed by atoms with E-state index in [-0.39, 0.29) is 29.9 Å². The first kappa shape index (κ1) is 28.0. The summed E-state index contributed by atoms with van der Waals surface area (Å²) in [6, 6.07) is 20.7. The van der Waals surface area contributed by atoms with Crippen LogP contribution >= 0.6 is 35.0 Å². The van der Waals surface area contributed by atoms with Crippen LogP contribution in [0.3, 0.4) is 0 Å². The summed E-state index contributed by atoms with van der Waals surface area (Å²) < 4.78 is 14.2. The molecule has 0 fully saturated rings. The van der Waals surface area contributed by atoms with Crippen LogP contribution in [0.5, 0.6) is 0 Å². The molecule has 4 nitrogen and oxygen atoms in total. The van der Waals surface area contributed by atoms with Gasteiger partial charge in [-0.3, -0.25) is 9.59 Å². The van der Waals surface area contributed by atoms with Crippen LogP contribution in [-0.2, 0) is 28.3 Å². The van der Waals surface area contributed by atoms with E-state index in [0.717, 1.165) is 17.5 Å². The number of hydrogen-bond donors (Lipinski definition) is 1. The van der Waals surface area contributed by atoms with Crippen LogP contribution in [0.15, 0.2) is 72.8 Å². The van der Waals surface area contributed by atoms with Gasteiger partial charge in [-0.1, -0.05) is 84.7 Å². The van der Waals surface area contributed by atoms with Crippen molar-refractivity contribution in [3.05, 3.63) is 105 Å².